The Morgan fingerprint density at radius 2 is 1.97 bits per heavy atom. The molecule has 0 aliphatic heterocycles. The summed E-state index contributed by atoms with van der Waals surface area (Å²) < 4.78 is 30.9. The number of fused-ring (bicyclic) bond motifs is 1. The van der Waals surface area contributed by atoms with Crippen LogP contribution in [-0.4, -0.2) is 27.1 Å². The minimum Gasteiger partial charge on any atom is -0.435 e. The Balaban J connectivity index is 1.40. The van der Waals surface area contributed by atoms with E-state index in [1.165, 1.54) is 23.5 Å². The predicted molar refractivity (Wildman–Crippen MR) is 112 cm³/mol. The largest absolute Gasteiger partial charge is 0.435 e. The number of benzene rings is 2. The molecule has 2 heterocycles. The lowest BCUT2D eigenvalue weighted by Crippen LogP contribution is -2.14. The molecule has 0 radical (unpaired) electrons. The third-order valence-corrected chi connectivity index (χ3v) is 5.39. The highest BCUT2D eigenvalue weighted by Crippen LogP contribution is 2.31. The Morgan fingerprint density at radius 3 is 2.73 bits per heavy atom. The molecule has 0 fully saturated rings. The molecular weight excluding hydrogens is 410 g/mol. The van der Waals surface area contributed by atoms with Crippen molar-refractivity contribution in [1.29, 1.82) is 0 Å². The fourth-order valence-corrected chi connectivity index (χ4v) is 3.96. The second-order valence-corrected chi connectivity index (χ2v) is 7.75. The number of amides is 1. The Bertz CT molecular complexity index is 1170. The van der Waals surface area contributed by atoms with Crippen molar-refractivity contribution in [3.63, 3.8) is 0 Å². The number of carbonyl (C=O) groups excluding carboxylic acids is 1. The van der Waals surface area contributed by atoms with E-state index in [0.29, 0.717) is 17.4 Å². The van der Waals surface area contributed by atoms with Gasteiger partial charge in [-0.2, -0.15) is 8.78 Å². The van der Waals surface area contributed by atoms with Crippen LogP contribution in [-0.2, 0) is 11.3 Å². The number of ether oxygens (including phenoxy) is 1. The summed E-state index contributed by atoms with van der Waals surface area (Å²) in [5.74, 6) is -0.0593. The Kier molecular flexibility index (Phi) is 5.71. The number of carbonyl (C=O) groups is 1. The minimum atomic E-state index is -2.86. The molecule has 0 saturated carbocycles. The van der Waals surface area contributed by atoms with Crippen LogP contribution < -0.4 is 10.1 Å². The van der Waals surface area contributed by atoms with Crippen molar-refractivity contribution in [2.45, 2.75) is 26.5 Å². The predicted octanol–water partition coefficient (Wildman–Crippen LogP) is 5.10. The van der Waals surface area contributed by atoms with Crippen molar-refractivity contribution in [2.75, 3.05) is 5.32 Å². The van der Waals surface area contributed by atoms with E-state index in [9.17, 15) is 13.6 Å². The molecule has 6 nitrogen and oxygen atoms in total. The first-order valence-corrected chi connectivity index (χ1v) is 10.0. The zero-order valence-corrected chi connectivity index (χ0v) is 16.8. The number of halogens is 2. The van der Waals surface area contributed by atoms with Gasteiger partial charge in [-0.05, 0) is 43.3 Å². The monoisotopic (exact) mass is 428 g/mol. The van der Waals surface area contributed by atoms with E-state index in [2.05, 4.69) is 20.0 Å². The van der Waals surface area contributed by atoms with Gasteiger partial charge in [-0.3, -0.25) is 4.79 Å². The van der Waals surface area contributed by atoms with Crippen molar-refractivity contribution in [3.8, 4) is 17.0 Å². The van der Waals surface area contributed by atoms with E-state index >= 15 is 0 Å². The number of rotatable bonds is 7. The van der Waals surface area contributed by atoms with Crippen molar-refractivity contribution < 1.29 is 18.3 Å². The van der Waals surface area contributed by atoms with Gasteiger partial charge in [0.25, 0.3) is 0 Å². The zero-order chi connectivity index (χ0) is 21.1. The average Bonchev–Trinajstić information content (AvgIpc) is 3.30. The minimum absolute atomic E-state index is 0.0854. The van der Waals surface area contributed by atoms with Gasteiger partial charge in [0.1, 0.15) is 5.75 Å². The van der Waals surface area contributed by atoms with E-state index < -0.39 is 6.61 Å². The molecule has 154 valence electrons. The number of hydrogen-bond donors (Lipinski definition) is 1. The molecule has 0 saturated heterocycles. The molecule has 0 aliphatic carbocycles. The molecule has 9 heteroatoms. The lowest BCUT2D eigenvalue weighted by atomic mass is 10.1. The van der Waals surface area contributed by atoms with Gasteiger partial charge in [0, 0.05) is 23.4 Å². The maximum absolute atomic E-state index is 12.4. The Morgan fingerprint density at radius 1 is 1.20 bits per heavy atom. The van der Waals surface area contributed by atoms with Gasteiger partial charge in [0.2, 0.25) is 5.91 Å². The summed E-state index contributed by atoms with van der Waals surface area (Å²) in [6.45, 7) is -0.460. The topological polar surface area (TPSA) is 69.0 Å². The average molecular weight is 428 g/mol. The molecule has 0 atom stereocenters. The molecule has 4 aromatic rings. The number of aryl methyl sites for hydroxylation is 2. The summed E-state index contributed by atoms with van der Waals surface area (Å²) >= 11 is 1.36. The van der Waals surface area contributed by atoms with E-state index in [0.717, 1.165) is 21.5 Å². The third-order valence-electron chi connectivity index (χ3n) is 4.50. The normalized spacial score (nSPS) is 11.2. The van der Waals surface area contributed by atoms with E-state index in [1.54, 1.807) is 18.5 Å². The number of para-hydroxylation sites is 2. The summed E-state index contributed by atoms with van der Waals surface area (Å²) in [4.78, 5) is 22.1. The van der Waals surface area contributed by atoms with Crippen molar-refractivity contribution in [1.82, 2.24) is 14.5 Å². The molecule has 1 amide bonds. The molecule has 0 spiro atoms. The van der Waals surface area contributed by atoms with E-state index in [4.69, 9.17) is 0 Å². The van der Waals surface area contributed by atoms with Crippen LogP contribution in [0.1, 0.15) is 11.3 Å². The number of imidazole rings is 1. The fourth-order valence-electron chi connectivity index (χ4n) is 3.10. The van der Waals surface area contributed by atoms with Crippen LogP contribution in [0.2, 0.25) is 0 Å². The van der Waals surface area contributed by atoms with Gasteiger partial charge in [0.15, 0.2) is 5.13 Å². The molecule has 1 N–H and O–H groups in total. The highest BCUT2D eigenvalue weighted by molar-refractivity contribution is 7.16. The number of aromatic nitrogens is 3. The third kappa shape index (κ3) is 4.46. The highest BCUT2D eigenvalue weighted by Gasteiger charge is 2.13. The summed E-state index contributed by atoms with van der Waals surface area (Å²) in [6, 6.07) is 14.0. The van der Waals surface area contributed by atoms with E-state index in [1.807, 2.05) is 35.8 Å². The van der Waals surface area contributed by atoms with Gasteiger partial charge in [-0.1, -0.05) is 12.1 Å². The van der Waals surface area contributed by atoms with Crippen LogP contribution >= 0.6 is 11.3 Å². The van der Waals surface area contributed by atoms with Crippen molar-refractivity contribution in [3.05, 3.63) is 59.7 Å². The first-order valence-electron chi connectivity index (χ1n) is 9.22. The van der Waals surface area contributed by atoms with E-state index in [-0.39, 0.29) is 18.1 Å². The number of alkyl halides is 2. The van der Waals surface area contributed by atoms with Crippen LogP contribution in [0.4, 0.5) is 13.9 Å². The summed E-state index contributed by atoms with van der Waals surface area (Å²) in [6.07, 6.45) is 2.01. The van der Waals surface area contributed by atoms with Crippen molar-refractivity contribution >= 4 is 33.4 Å². The maximum Gasteiger partial charge on any atom is 0.387 e. The Hall–Kier alpha value is -3.33. The van der Waals surface area contributed by atoms with Gasteiger partial charge >= 0.3 is 6.61 Å². The number of nitrogens with zero attached hydrogens (tertiary/aromatic N) is 3. The lowest BCUT2D eigenvalue weighted by molar-refractivity contribution is -0.116. The van der Waals surface area contributed by atoms with Crippen LogP contribution in [0.5, 0.6) is 5.75 Å². The molecule has 0 unspecified atom stereocenters. The first kappa shape index (κ1) is 20.0. The summed E-state index contributed by atoms with van der Waals surface area (Å²) in [5.41, 5.74) is 3.33. The van der Waals surface area contributed by atoms with Gasteiger partial charge in [-0.15, -0.1) is 11.3 Å². The molecule has 4 rings (SSSR count). The van der Waals surface area contributed by atoms with Crippen LogP contribution in [0.3, 0.4) is 0 Å². The molecule has 2 aromatic carbocycles. The zero-order valence-electron chi connectivity index (χ0n) is 16.0. The summed E-state index contributed by atoms with van der Waals surface area (Å²) in [7, 11) is 0. The fraction of sp³-hybridized carbons (Fsp3) is 0.190. The molecular formula is C21H18F2N4O2S. The van der Waals surface area contributed by atoms with Crippen molar-refractivity contribution in [2.24, 2.45) is 0 Å². The second kappa shape index (κ2) is 8.58. The second-order valence-electron chi connectivity index (χ2n) is 6.55. The number of hydrogen-bond acceptors (Lipinski definition) is 5. The van der Waals surface area contributed by atoms with Crippen LogP contribution in [0.25, 0.3) is 22.3 Å². The van der Waals surface area contributed by atoms with Gasteiger partial charge in [0.05, 0.1) is 23.1 Å². The standard InChI is InChI=1S/C21H18F2N4O2S/c1-13-19(14-6-8-15(9-7-14)29-20(22)23)26-21(30-13)25-18(28)10-11-27-12-24-16-4-2-3-5-17(16)27/h2-9,12,20H,10-11H2,1H3,(H,25,26,28). The number of anilines is 1. The summed E-state index contributed by atoms with van der Waals surface area (Å²) in [5, 5.41) is 3.33. The first-order chi connectivity index (χ1) is 14.5. The van der Waals surface area contributed by atoms with Gasteiger partial charge in [-0.25, -0.2) is 9.97 Å². The van der Waals surface area contributed by atoms with Gasteiger partial charge < -0.3 is 14.6 Å². The molecule has 0 bridgehead atoms. The number of nitrogens with one attached hydrogen (secondary N) is 1. The number of thiazole rings is 1. The van der Waals surface area contributed by atoms with Crippen LogP contribution in [0.15, 0.2) is 54.9 Å². The highest BCUT2D eigenvalue weighted by atomic mass is 32.1. The quantitative estimate of drug-likeness (QED) is 0.445. The molecule has 2 aromatic heterocycles. The Labute approximate surface area is 175 Å². The smallest absolute Gasteiger partial charge is 0.387 e. The SMILES string of the molecule is Cc1sc(NC(=O)CCn2cnc3ccccc32)nc1-c1ccc(OC(F)F)cc1. The maximum atomic E-state index is 12.4. The molecule has 30 heavy (non-hydrogen) atoms. The lowest BCUT2D eigenvalue weighted by Gasteiger charge is -2.05. The van der Waals surface area contributed by atoms with Crippen LogP contribution in [0, 0.1) is 6.92 Å². The molecule has 0 aliphatic rings.